The van der Waals surface area contributed by atoms with Crippen LogP contribution in [0.3, 0.4) is 0 Å². The Bertz CT molecular complexity index is 1710. The van der Waals surface area contributed by atoms with Gasteiger partial charge in [-0.2, -0.15) is 5.10 Å². The van der Waals surface area contributed by atoms with Crippen molar-refractivity contribution in [3.8, 4) is 0 Å². The molecule has 4 aromatic carbocycles. The zero-order valence-corrected chi connectivity index (χ0v) is 24.3. The number of benzene rings is 4. The largest absolute Gasteiger partial charge is 0.322 e. The van der Waals surface area contributed by atoms with Crippen LogP contribution in [0.1, 0.15) is 34.0 Å². The summed E-state index contributed by atoms with van der Waals surface area (Å²) >= 11 is 6.29. The Morgan fingerprint density at radius 3 is 2.22 bits per heavy atom. The van der Waals surface area contributed by atoms with Crippen molar-refractivity contribution in [2.24, 2.45) is 5.10 Å². The molecule has 8 nitrogen and oxygen atoms in total. The molecular weight excluding hydrogens is 560 g/mol. The number of sulfonamides is 1. The first kappa shape index (κ1) is 29.5. The third-order valence-electron chi connectivity index (χ3n) is 6.26. The Hall–Kier alpha value is -4.47. The van der Waals surface area contributed by atoms with Crippen molar-refractivity contribution in [3.63, 3.8) is 0 Å². The molecule has 0 atom stereocenters. The second-order valence-corrected chi connectivity index (χ2v) is 11.7. The number of hydrogen-bond donors (Lipinski definition) is 2. The van der Waals surface area contributed by atoms with Gasteiger partial charge in [-0.05, 0) is 80.4 Å². The number of rotatable bonds is 9. The molecule has 0 heterocycles. The molecular formula is C31H29ClN4O4S. The molecule has 0 unspecified atom stereocenters. The molecule has 0 spiro atoms. The van der Waals surface area contributed by atoms with E-state index in [0.717, 1.165) is 15.4 Å². The maximum Gasteiger partial charge on any atom is 0.264 e. The Balaban J connectivity index is 1.52. The van der Waals surface area contributed by atoms with E-state index in [2.05, 4.69) is 15.8 Å². The lowest BCUT2D eigenvalue weighted by atomic mass is 10.1. The fourth-order valence-corrected chi connectivity index (χ4v) is 5.47. The van der Waals surface area contributed by atoms with Crippen molar-refractivity contribution in [2.75, 3.05) is 16.2 Å². The van der Waals surface area contributed by atoms with E-state index in [-0.39, 0.29) is 16.5 Å². The van der Waals surface area contributed by atoms with Gasteiger partial charge in [0.2, 0.25) is 0 Å². The van der Waals surface area contributed by atoms with Crippen molar-refractivity contribution in [2.45, 2.75) is 25.7 Å². The summed E-state index contributed by atoms with van der Waals surface area (Å²) in [5.41, 5.74) is 6.57. The second kappa shape index (κ2) is 12.8. The zero-order chi connectivity index (χ0) is 29.6. The number of carbonyl (C=O) groups is 2. The highest BCUT2D eigenvalue weighted by molar-refractivity contribution is 7.92. The van der Waals surface area contributed by atoms with Crippen LogP contribution < -0.4 is 15.0 Å². The van der Waals surface area contributed by atoms with E-state index >= 15 is 0 Å². The highest BCUT2D eigenvalue weighted by Crippen LogP contribution is 2.28. The van der Waals surface area contributed by atoms with Gasteiger partial charge in [-0.1, -0.05) is 65.7 Å². The Labute approximate surface area is 244 Å². The first-order chi connectivity index (χ1) is 19.5. The van der Waals surface area contributed by atoms with Crippen LogP contribution >= 0.6 is 11.6 Å². The SMILES string of the molecule is C/C(=N/NC(=O)CN(c1ccc(C)c(Cl)c1)S(=O)(=O)c1ccc(C)cc1)c1cccc(NC(=O)c2ccccc2)c1. The number of carbonyl (C=O) groups excluding carboxylic acids is 2. The Morgan fingerprint density at radius 1 is 0.854 bits per heavy atom. The molecule has 2 amide bonds. The third kappa shape index (κ3) is 7.39. The van der Waals surface area contributed by atoms with E-state index in [1.807, 2.05) is 13.0 Å². The number of nitrogens with zero attached hydrogens (tertiary/aromatic N) is 2. The number of halogens is 1. The van der Waals surface area contributed by atoms with Crippen LogP contribution in [0.15, 0.2) is 107 Å². The maximum absolute atomic E-state index is 13.6. The van der Waals surface area contributed by atoms with Gasteiger partial charge in [0, 0.05) is 16.3 Å². The molecule has 10 heteroatoms. The van der Waals surface area contributed by atoms with Crippen LogP contribution in [0.2, 0.25) is 5.02 Å². The first-order valence-electron chi connectivity index (χ1n) is 12.7. The topological polar surface area (TPSA) is 108 Å². The summed E-state index contributed by atoms with van der Waals surface area (Å²) in [5.74, 6) is -0.901. The molecule has 0 saturated carbocycles. The van der Waals surface area contributed by atoms with E-state index < -0.39 is 22.5 Å². The molecule has 210 valence electrons. The predicted molar refractivity (Wildman–Crippen MR) is 163 cm³/mol. The van der Waals surface area contributed by atoms with E-state index in [1.54, 1.807) is 86.6 Å². The summed E-state index contributed by atoms with van der Waals surface area (Å²) < 4.78 is 28.2. The average molecular weight is 589 g/mol. The highest BCUT2D eigenvalue weighted by atomic mass is 35.5. The second-order valence-electron chi connectivity index (χ2n) is 9.39. The minimum atomic E-state index is -4.10. The van der Waals surface area contributed by atoms with Crippen molar-refractivity contribution in [1.82, 2.24) is 5.43 Å². The summed E-state index contributed by atoms with van der Waals surface area (Å²) in [6, 6.07) is 27.0. The lowest BCUT2D eigenvalue weighted by Crippen LogP contribution is -2.39. The summed E-state index contributed by atoms with van der Waals surface area (Å²) in [4.78, 5) is 25.6. The fraction of sp³-hybridized carbons (Fsp3) is 0.129. The summed E-state index contributed by atoms with van der Waals surface area (Å²) in [6.45, 7) is 4.82. The van der Waals surface area contributed by atoms with Gasteiger partial charge in [0.05, 0.1) is 16.3 Å². The van der Waals surface area contributed by atoms with Gasteiger partial charge in [0.1, 0.15) is 6.54 Å². The number of hydrogen-bond acceptors (Lipinski definition) is 5. The van der Waals surface area contributed by atoms with E-state index in [1.165, 1.54) is 18.2 Å². The van der Waals surface area contributed by atoms with E-state index in [4.69, 9.17) is 11.6 Å². The summed E-state index contributed by atoms with van der Waals surface area (Å²) in [6.07, 6.45) is 0. The molecule has 0 saturated heterocycles. The van der Waals surface area contributed by atoms with Crippen LogP contribution in [0.4, 0.5) is 11.4 Å². The molecule has 4 rings (SSSR count). The van der Waals surface area contributed by atoms with Crippen molar-refractivity contribution in [1.29, 1.82) is 0 Å². The summed E-state index contributed by atoms with van der Waals surface area (Å²) in [7, 11) is -4.10. The van der Waals surface area contributed by atoms with E-state index in [0.29, 0.717) is 27.5 Å². The molecule has 0 aliphatic heterocycles. The minimum Gasteiger partial charge on any atom is -0.322 e. The zero-order valence-electron chi connectivity index (χ0n) is 22.8. The quantitative estimate of drug-likeness (QED) is 0.186. The van der Waals surface area contributed by atoms with Gasteiger partial charge < -0.3 is 5.32 Å². The smallest absolute Gasteiger partial charge is 0.264 e. The maximum atomic E-state index is 13.6. The van der Waals surface area contributed by atoms with Crippen LogP contribution in [0, 0.1) is 13.8 Å². The van der Waals surface area contributed by atoms with Crippen molar-refractivity contribution >= 4 is 50.5 Å². The molecule has 0 aliphatic carbocycles. The van der Waals surface area contributed by atoms with Gasteiger partial charge in [-0.3, -0.25) is 13.9 Å². The molecule has 0 radical (unpaired) electrons. The lowest BCUT2D eigenvalue weighted by Gasteiger charge is -2.24. The number of amides is 2. The fourth-order valence-electron chi connectivity index (χ4n) is 3.88. The van der Waals surface area contributed by atoms with Gasteiger partial charge in [-0.25, -0.2) is 13.8 Å². The number of aryl methyl sites for hydroxylation is 2. The number of hydrazone groups is 1. The summed E-state index contributed by atoms with van der Waals surface area (Å²) in [5, 5.41) is 7.39. The molecule has 4 aromatic rings. The molecule has 41 heavy (non-hydrogen) atoms. The normalized spacial score (nSPS) is 11.6. The molecule has 0 fully saturated rings. The number of nitrogens with one attached hydrogen (secondary N) is 2. The van der Waals surface area contributed by atoms with Crippen LogP contribution in [-0.4, -0.2) is 32.5 Å². The van der Waals surface area contributed by atoms with Crippen LogP contribution in [0.25, 0.3) is 0 Å². The molecule has 0 bridgehead atoms. The molecule has 2 N–H and O–H groups in total. The molecule has 0 aliphatic rings. The molecule has 0 aromatic heterocycles. The highest BCUT2D eigenvalue weighted by Gasteiger charge is 2.27. The average Bonchev–Trinajstić information content (AvgIpc) is 2.97. The first-order valence-corrected chi connectivity index (χ1v) is 14.5. The predicted octanol–water partition coefficient (Wildman–Crippen LogP) is 5.94. The Kier molecular flexibility index (Phi) is 9.21. The van der Waals surface area contributed by atoms with Crippen LogP contribution in [-0.2, 0) is 14.8 Å². The lowest BCUT2D eigenvalue weighted by molar-refractivity contribution is -0.119. The van der Waals surface area contributed by atoms with Gasteiger partial charge in [-0.15, -0.1) is 0 Å². The van der Waals surface area contributed by atoms with Crippen molar-refractivity contribution < 1.29 is 18.0 Å². The third-order valence-corrected chi connectivity index (χ3v) is 8.46. The van der Waals surface area contributed by atoms with Crippen molar-refractivity contribution in [3.05, 3.63) is 124 Å². The van der Waals surface area contributed by atoms with E-state index in [9.17, 15) is 18.0 Å². The van der Waals surface area contributed by atoms with Gasteiger partial charge >= 0.3 is 0 Å². The van der Waals surface area contributed by atoms with Gasteiger partial charge in [0.25, 0.3) is 21.8 Å². The number of anilines is 2. The van der Waals surface area contributed by atoms with Crippen LogP contribution in [0.5, 0.6) is 0 Å². The Morgan fingerprint density at radius 2 is 1.54 bits per heavy atom. The van der Waals surface area contributed by atoms with Gasteiger partial charge in [0.15, 0.2) is 0 Å². The minimum absolute atomic E-state index is 0.0432. The monoisotopic (exact) mass is 588 g/mol. The standard InChI is InChI=1S/C31H29ClN4O4S/c1-21-12-16-28(17-13-21)41(39,40)36(27-15-14-22(2)29(32)19-27)20-30(37)35-34-23(3)25-10-7-11-26(18-25)33-31(38)24-8-5-4-6-9-24/h4-19H,20H2,1-3H3,(H,33,38)(H,35,37)/b34-23-.